The number of hydrogen-bond acceptors (Lipinski definition) is 17. The van der Waals surface area contributed by atoms with Crippen LogP contribution in [0.3, 0.4) is 0 Å². The molecular formula is C117H143F2N7O12. The minimum atomic E-state index is -0.366. The van der Waals surface area contributed by atoms with Crippen molar-refractivity contribution in [3.8, 4) is 0 Å². The van der Waals surface area contributed by atoms with Crippen molar-refractivity contribution in [2.24, 2.45) is 29.6 Å². The fourth-order valence-electron chi connectivity index (χ4n) is 19.3. The highest BCUT2D eigenvalue weighted by molar-refractivity contribution is 5.93. The van der Waals surface area contributed by atoms with Gasteiger partial charge in [-0.2, -0.15) is 0 Å². The van der Waals surface area contributed by atoms with Gasteiger partial charge in [0.15, 0.2) is 5.69 Å². The third-order valence-corrected chi connectivity index (χ3v) is 26.8. The van der Waals surface area contributed by atoms with E-state index in [4.69, 9.17) is 30.3 Å². The first-order valence-corrected chi connectivity index (χ1v) is 50.7. The van der Waals surface area contributed by atoms with Crippen molar-refractivity contribution in [2.45, 2.75) is 267 Å². The molecule has 15 rings (SSSR count). The molecule has 5 fully saturated rings. The maximum absolute atomic E-state index is 13.4. The molecule has 5 aliphatic carbocycles. The Balaban J connectivity index is 0.000000165. The summed E-state index contributed by atoms with van der Waals surface area (Å²) in [4.78, 5) is 75.1. The number of carbonyl (C=O) groups excluding carboxylic acids is 5. The molecule has 5 saturated carbocycles. The number of hydrogen-bond donors (Lipinski definition) is 5. The third kappa shape index (κ3) is 35.1. The van der Waals surface area contributed by atoms with Crippen LogP contribution < -0.4 is 26.6 Å². The fraction of sp³-hybridized carbons (Fsp3) is 0.436. The van der Waals surface area contributed by atoms with Crippen LogP contribution in [0.5, 0.6) is 0 Å². The number of nitrogens with zero attached hydrogens (tertiary/aromatic N) is 2. The van der Waals surface area contributed by atoms with Crippen LogP contribution in [0.25, 0.3) is 4.85 Å². The van der Waals surface area contributed by atoms with Crippen molar-refractivity contribution in [3.63, 3.8) is 0 Å². The minimum absolute atomic E-state index is 0.0929. The van der Waals surface area contributed by atoms with Crippen molar-refractivity contribution in [2.75, 3.05) is 59.6 Å². The molecule has 138 heavy (non-hydrogen) atoms. The monoisotopic (exact) mass is 1880 g/mol. The van der Waals surface area contributed by atoms with Gasteiger partial charge in [-0.25, -0.2) is 37.6 Å². The Morgan fingerprint density at radius 2 is 0.594 bits per heavy atom. The molecule has 0 aromatic heterocycles. The van der Waals surface area contributed by atoms with E-state index in [9.17, 15) is 42.9 Å². The summed E-state index contributed by atoms with van der Waals surface area (Å²) in [7, 11) is 0. The van der Waals surface area contributed by atoms with Crippen LogP contribution in [0.4, 0.5) is 48.6 Å². The smallest absolute Gasteiger partial charge is 0.338 e. The van der Waals surface area contributed by atoms with Crippen molar-refractivity contribution < 1.29 is 61.4 Å². The van der Waals surface area contributed by atoms with Gasteiger partial charge in [0.1, 0.15) is 11.6 Å². The number of esters is 5. The van der Waals surface area contributed by atoms with Gasteiger partial charge in [-0.15, -0.1) is 0 Å². The van der Waals surface area contributed by atoms with Crippen molar-refractivity contribution in [1.82, 2.24) is 0 Å². The van der Waals surface area contributed by atoms with Crippen LogP contribution in [0, 0.1) is 64.8 Å². The number of rotatable bonds is 36. The summed E-state index contributed by atoms with van der Waals surface area (Å²) in [6.45, 7) is 22.9. The van der Waals surface area contributed by atoms with Crippen LogP contribution in [-0.4, -0.2) is 67.8 Å². The first-order valence-electron chi connectivity index (χ1n) is 50.7. The van der Waals surface area contributed by atoms with Crippen LogP contribution in [0.2, 0.25) is 0 Å². The van der Waals surface area contributed by atoms with E-state index < -0.39 is 0 Å². The molecule has 0 bridgehead atoms. The number of aryl methyl sites for hydroxylation is 1. The van der Waals surface area contributed by atoms with Gasteiger partial charge in [-0.1, -0.05) is 287 Å². The third-order valence-electron chi connectivity index (χ3n) is 26.8. The first kappa shape index (κ1) is 106. The lowest BCUT2D eigenvalue weighted by Crippen LogP contribution is -2.13. The quantitative estimate of drug-likeness (QED) is 0.00806. The van der Waals surface area contributed by atoms with Crippen molar-refractivity contribution in [3.05, 3.63) is 335 Å². The molecule has 21 heteroatoms. The summed E-state index contributed by atoms with van der Waals surface area (Å²) in [5, 5.41) is 28.6. The van der Waals surface area contributed by atoms with E-state index in [1.165, 1.54) is 224 Å². The standard InChI is InChI=1S/C24H28N2O2.C24H31NO2.2C23H28FNO2.C23H28N2O4/c1-3-28-24(27)21-12-11-20(15-18-7-5-4-6-8-18)23(16-21)26-17-19-9-13-22(25-2)14-10-19;1-3-27-24(26)22-14-13-21(15-19-7-5-4-6-8-19)23(16-22)25-17-20-11-9-18(2)10-12-20;1-2-27-23(26)20-12-11-19(13-17-7-4-3-5-8-17)22(15-20)25-16-18-9-6-10-21(24)14-18;1-2-27-23(26)20-11-10-19(14-17-6-4-3-5-7-17)22(15-20)25-16-18-8-12-21(24)13-9-18;1-2-29-23(26)19-13-12-18(14-17-8-4-3-5-9-17)21(15-19)24-16-20-10-6-7-11-22(20)25(27)28/h9-14,16,18,26H,3-8,15,17H2,1H3;9-14,16,19,25H,3-8,15,17H2,1-2H3;6,9-12,14-15,17,25H,2-5,7-8,13,16H2,1H3;8-13,15,17,25H,2-7,14,16H2,1H3;6-7,10-13,15,17,24H,2-5,8-9,14,16H2,1H3. The number of benzene rings is 10. The van der Waals surface area contributed by atoms with Crippen LogP contribution in [-0.2, 0) is 88.5 Å². The Kier molecular flexibility index (Phi) is 44.1. The molecule has 0 spiro atoms. The molecule has 0 aliphatic heterocycles. The zero-order valence-corrected chi connectivity index (χ0v) is 81.9. The van der Waals surface area contributed by atoms with Gasteiger partial charge in [0, 0.05) is 72.8 Å². The molecule has 0 heterocycles. The number of nitro groups is 1. The van der Waals surface area contributed by atoms with Crippen molar-refractivity contribution >= 4 is 69.7 Å². The summed E-state index contributed by atoms with van der Waals surface area (Å²) in [6, 6.07) is 65.0. The Bertz CT molecular complexity index is 5400. The van der Waals surface area contributed by atoms with Gasteiger partial charge in [0.05, 0.1) is 72.3 Å². The summed E-state index contributed by atoms with van der Waals surface area (Å²) in [5.41, 5.74) is 20.6. The van der Waals surface area contributed by atoms with Gasteiger partial charge < -0.3 is 50.3 Å². The fourth-order valence-corrected chi connectivity index (χ4v) is 19.3. The number of halogens is 2. The highest BCUT2D eigenvalue weighted by Gasteiger charge is 2.26. The predicted molar refractivity (Wildman–Crippen MR) is 550 cm³/mol. The molecule has 732 valence electrons. The molecular weight excluding hydrogens is 1730 g/mol. The molecule has 0 saturated heterocycles. The lowest BCUT2D eigenvalue weighted by molar-refractivity contribution is -0.385. The topological polar surface area (TPSA) is 239 Å². The van der Waals surface area contributed by atoms with Gasteiger partial charge in [-0.05, 0) is 238 Å². The minimum Gasteiger partial charge on any atom is -0.462 e. The van der Waals surface area contributed by atoms with E-state index in [0.29, 0.717) is 116 Å². The first-order chi connectivity index (χ1) is 67.2. The Hall–Kier alpha value is -12.7. The lowest BCUT2D eigenvalue weighted by atomic mass is 9.84. The van der Waals surface area contributed by atoms with Crippen molar-refractivity contribution in [1.29, 1.82) is 0 Å². The highest BCUT2D eigenvalue weighted by Crippen LogP contribution is 2.38. The molecule has 0 unspecified atom stereocenters. The molecule has 0 radical (unpaired) electrons. The van der Waals surface area contributed by atoms with E-state index in [0.717, 1.165) is 101 Å². The van der Waals surface area contributed by atoms with Gasteiger partial charge in [-0.3, -0.25) is 10.1 Å². The van der Waals surface area contributed by atoms with E-state index in [1.54, 1.807) is 50.2 Å². The van der Waals surface area contributed by atoms with Crippen LogP contribution >= 0.6 is 0 Å². The Labute approximate surface area is 816 Å². The molecule has 10 aromatic carbocycles. The van der Waals surface area contributed by atoms with Gasteiger partial charge in [0.2, 0.25) is 0 Å². The molecule has 5 aliphatic rings. The second-order valence-corrected chi connectivity index (χ2v) is 37.2. The largest absolute Gasteiger partial charge is 0.462 e. The SMILES string of the molecule is CCOC(=O)c1ccc(CC2CCCCC2)c(NCc2ccc(C)cc2)c1.CCOC(=O)c1ccc(CC2CCCCC2)c(NCc2ccc(F)cc2)c1.CCOC(=O)c1ccc(CC2CCCCC2)c(NCc2cccc(F)c2)c1.CCOC(=O)c1ccc(CC2CCCCC2)c(NCc2ccccc2[N+](=O)[O-])c1.[C-]#[N+]c1ccc(CNc2cc(C(=O)OCC)ccc2CC2CCCCC2)cc1. The summed E-state index contributed by atoms with van der Waals surface area (Å²) in [6.07, 6.45) is 37.7. The average molecular weight is 1880 g/mol. The molecule has 5 N–H and O–H groups in total. The second-order valence-electron chi connectivity index (χ2n) is 37.2. The number of ether oxygens (including phenoxy) is 5. The van der Waals surface area contributed by atoms with E-state index in [-0.39, 0.29) is 52.1 Å². The van der Waals surface area contributed by atoms with Crippen LogP contribution in [0.1, 0.15) is 308 Å². The normalized spacial score (nSPS) is 14.6. The number of carbonyl (C=O) groups is 5. The Morgan fingerprint density at radius 1 is 0.319 bits per heavy atom. The zero-order valence-electron chi connectivity index (χ0n) is 81.9. The van der Waals surface area contributed by atoms with Gasteiger partial charge in [0.25, 0.3) is 5.69 Å². The predicted octanol–water partition coefficient (Wildman–Crippen LogP) is 29.0. The highest BCUT2D eigenvalue weighted by atomic mass is 19.1. The van der Waals surface area contributed by atoms with Gasteiger partial charge >= 0.3 is 29.8 Å². The molecule has 19 nitrogen and oxygen atoms in total. The second kappa shape index (κ2) is 57.5. The maximum atomic E-state index is 13.4. The number of para-hydroxylation sites is 1. The van der Waals surface area contributed by atoms with E-state index in [1.807, 2.05) is 130 Å². The van der Waals surface area contributed by atoms with Crippen LogP contribution in [0.15, 0.2) is 212 Å². The van der Waals surface area contributed by atoms with E-state index >= 15 is 0 Å². The lowest BCUT2D eigenvalue weighted by Gasteiger charge is -2.23. The number of nitro benzene ring substituents is 1. The summed E-state index contributed by atoms with van der Waals surface area (Å²) >= 11 is 0. The average Bonchev–Trinajstić information content (AvgIpc) is 0.846. The summed E-state index contributed by atoms with van der Waals surface area (Å²) in [5.74, 6) is 1.55. The summed E-state index contributed by atoms with van der Waals surface area (Å²) < 4.78 is 52.3. The maximum Gasteiger partial charge on any atom is 0.338 e. The molecule has 10 aromatic rings. The Morgan fingerprint density at radius 3 is 0.877 bits per heavy atom. The zero-order chi connectivity index (χ0) is 97.6. The van der Waals surface area contributed by atoms with E-state index in [2.05, 4.69) is 74.8 Å². The molecule has 0 amide bonds. The number of anilines is 5. The molecule has 0 atom stereocenters. The number of nitrogens with one attached hydrogen (secondary N) is 5.